The van der Waals surface area contributed by atoms with Crippen LogP contribution in [0.25, 0.3) is 11.1 Å². The first-order chi connectivity index (χ1) is 8.22. The van der Waals surface area contributed by atoms with Gasteiger partial charge in [0.15, 0.2) is 0 Å². The fraction of sp³-hybridized carbons (Fsp3) is 0.0714. The van der Waals surface area contributed by atoms with Crippen LogP contribution in [0.5, 0.6) is 0 Å². The lowest BCUT2D eigenvalue weighted by Crippen LogP contribution is -2.10. The molecule has 0 radical (unpaired) electrons. The van der Waals surface area contributed by atoms with Gasteiger partial charge in [-0.1, -0.05) is 30.3 Å². The van der Waals surface area contributed by atoms with Crippen LogP contribution >= 0.6 is 11.8 Å². The summed E-state index contributed by atoms with van der Waals surface area (Å²) in [4.78, 5) is 12.3. The second-order valence-corrected chi connectivity index (χ2v) is 4.49. The van der Waals surface area contributed by atoms with Gasteiger partial charge >= 0.3 is 0 Å². The van der Waals surface area contributed by atoms with E-state index in [1.165, 1.54) is 4.90 Å². The quantitative estimate of drug-likeness (QED) is 0.841. The van der Waals surface area contributed by atoms with Crippen LogP contribution in [0, 0.1) is 0 Å². The van der Waals surface area contributed by atoms with Crippen LogP contribution in [0.1, 0.15) is 10.4 Å². The predicted molar refractivity (Wildman–Crippen MR) is 72.2 cm³/mol. The zero-order chi connectivity index (χ0) is 12.3. The van der Waals surface area contributed by atoms with Crippen LogP contribution in [0.15, 0.2) is 53.4 Å². The second-order valence-electron chi connectivity index (χ2n) is 3.65. The Balaban J connectivity index is 2.52. The summed E-state index contributed by atoms with van der Waals surface area (Å²) in [6, 6.07) is 15.5. The molecule has 0 heterocycles. The van der Waals surface area contributed by atoms with Gasteiger partial charge in [-0.25, -0.2) is 0 Å². The highest BCUT2D eigenvalue weighted by atomic mass is 32.2. The molecule has 2 N–H and O–H groups in total. The van der Waals surface area contributed by atoms with Crippen molar-refractivity contribution in [2.45, 2.75) is 4.90 Å². The van der Waals surface area contributed by atoms with E-state index in [2.05, 4.69) is 6.07 Å². The third-order valence-corrected chi connectivity index (χ3v) is 3.36. The number of primary amides is 1. The molecule has 0 aliphatic carbocycles. The Kier molecular flexibility index (Phi) is 3.49. The largest absolute Gasteiger partial charge is 0.366 e. The van der Waals surface area contributed by atoms with Crippen molar-refractivity contribution in [3.63, 3.8) is 0 Å². The number of nitrogens with two attached hydrogens (primary N) is 1. The summed E-state index contributed by atoms with van der Waals surface area (Å²) in [5, 5.41) is 0. The molecule has 0 saturated heterocycles. The first kappa shape index (κ1) is 11.7. The SMILES string of the molecule is CSc1ccccc1-c1cccc(C(N)=O)c1. The zero-order valence-electron chi connectivity index (χ0n) is 9.51. The van der Waals surface area contributed by atoms with Gasteiger partial charge in [-0.05, 0) is 35.6 Å². The minimum Gasteiger partial charge on any atom is -0.366 e. The molecule has 3 heteroatoms. The molecule has 0 atom stereocenters. The average molecular weight is 243 g/mol. The van der Waals surface area contributed by atoms with Gasteiger partial charge in [0.25, 0.3) is 0 Å². The van der Waals surface area contributed by atoms with Gasteiger partial charge in [0.1, 0.15) is 0 Å². The molecule has 1 amide bonds. The number of amides is 1. The van der Waals surface area contributed by atoms with E-state index >= 15 is 0 Å². The van der Waals surface area contributed by atoms with E-state index in [1.54, 1.807) is 17.8 Å². The van der Waals surface area contributed by atoms with Crippen LogP contribution in [-0.4, -0.2) is 12.2 Å². The third kappa shape index (κ3) is 2.50. The molecular formula is C14H13NOS. The van der Waals surface area contributed by atoms with Gasteiger partial charge < -0.3 is 5.73 Å². The molecule has 0 unspecified atom stereocenters. The van der Waals surface area contributed by atoms with Crippen LogP contribution in [0.2, 0.25) is 0 Å². The van der Waals surface area contributed by atoms with Crippen molar-refractivity contribution in [3.8, 4) is 11.1 Å². The Labute approximate surface area is 105 Å². The van der Waals surface area contributed by atoms with Crippen molar-refractivity contribution in [1.29, 1.82) is 0 Å². The molecule has 2 nitrogen and oxygen atoms in total. The maximum Gasteiger partial charge on any atom is 0.248 e. The molecule has 0 aliphatic rings. The highest BCUT2D eigenvalue weighted by Gasteiger charge is 2.06. The Bertz CT molecular complexity index is 551. The second kappa shape index (κ2) is 5.06. The predicted octanol–water partition coefficient (Wildman–Crippen LogP) is 3.17. The molecular weight excluding hydrogens is 230 g/mol. The number of carbonyl (C=O) groups is 1. The van der Waals surface area contributed by atoms with Gasteiger partial charge in [-0.2, -0.15) is 0 Å². The summed E-state index contributed by atoms with van der Waals surface area (Å²) < 4.78 is 0. The summed E-state index contributed by atoms with van der Waals surface area (Å²) >= 11 is 1.69. The topological polar surface area (TPSA) is 43.1 Å². The highest BCUT2D eigenvalue weighted by Crippen LogP contribution is 2.30. The standard InChI is InChI=1S/C14H13NOS/c1-17-13-8-3-2-7-12(13)10-5-4-6-11(9-10)14(15)16/h2-9H,1H3,(H2,15,16). The van der Waals surface area contributed by atoms with E-state index in [0.717, 1.165) is 11.1 Å². The lowest BCUT2D eigenvalue weighted by molar-refractivity contribution is 0.100. The van der Waals surface area contributed by atoms with E-state index in [0.29, 0.717) is 5.56 Å². The summed E-state index contributed by atoms with van der Waals surface area (Å²) in [6.45, 7) is 0. The fourth-order valence-electron chi connectivity index (χ4n) is 1.72. The van der Waals surface area contributed by atoms with Crippen LogP contribution in [-0.2, 0) is 0 Å². The maximum absolute atomic E-state index is 11.2. The Morgan fingerprint density at radius 2 is 1.88 bits per heavy atom. The molecule has 0 bridgehead atoms. The van der Waals surface area contributed by atoms with Gasteiger partial charge in [-0.3, -0.25) is 4.79 Å². The molecule has 17 heavy (non-hydrogen) atoms. The van der Waals surface area contributed by atoms with Crippen molar-refractivity contribution in [1.82, 2.24) is 0 Å². The van der Waals surface area contributed by atoms with Crippen molar-refractivity contribution in [2.75, 3.05) is 6.26 Å². The normalized spacial score (nSPS) is 10.2. The molecule has 0 aromatic heterocycles. The summed E-state index contributed by atoms with van der Waals surface area (Å²) in [5.41, 5.74) is 7.97. The van der Waals surface area contributed by atoms with E-state index in [-0.39, 0.29) is 0 Å². The minimum absolute atomic E-state index is 0.395. The van der Waals surface area contributed by atoms with Gasteiger partial charge in [0.05, 0.1) is 0 Å². The van der Waals surface area contributed by atoms with E-state index in [1.807, 2.05) is 42.7 Å². The van der Waals surface area contributed by atoms with Crippen molar-refractivity contribution in [2.24, 2.45) is 5.73 Å². The number of carbonyl (C=O) groups excluding carboxylic acids is 1. The maximum atomic E-state index is 11.2. The molecule has 2 rings (SSSR count). The van der Waals surface area contributed by atoms with Gasteiger partial charge in [0, 0.05) is 10.5 Å². The molecule has 2 aromatic rings. The smallest absolute Gasteiger partial charge is 0.248 e. The van der Waals surface area contributed by atoms with Crippen LogP contribution in [0.3, 0.4) is 0 Å². The van der Waals surface area contributed by atoms with Crippen molar-refractivity contribution < 1.29 is 4.79 Å². The average Bonchev–Trinajstić information content (AvgIpc) is 2.39. The van der Waals surface area contributed by atoms with E-state index in [4.69, 9.17) is 5.73 Å². The van der Waals surface area contributed by atoms with Gasteiger partial charge in [0.2, 0.25) is 5.91 Å². The number of thioether (sulfide) groups is 1. The summed E-state index contributed by atoms with van der Waals surface area (Å²) in [7, 11) is 0. The molecule has 0 aliphatic heterocycles. The minimum atomic E-state index is -0.395. The molecule has 0 fully saturated rings. The van der Waals surface area contributed by atoms with Crippen molar-refractivity contribution >= 4 is 17.7 Å². The fourth-order valence-corrected chi connectivity index (χ4v) is 2.34. The zero-order valence-corrected chi connectivity index (χ0v) is 10.3. The number of benzene rings is 2. The lowest BCUT2D eigenvalue weighted by Gasteiger charge is -2.08. The van der Waals surface area contributed by atoms with E-state index in [9.17, 15) is 4.79 Å². The number of hydrogen-bond acceptors (Lipinski definition) is 2. The summed E-state index contributed by atoms with van der Waals surface area (Å²) in [6.07, 6.45) is 2.04. The summed E-state index contributed by atoms with van der Waals surface area (Å²) in [5.74, 6) is -0.395. The number of hydrogen-bond donors (Lipinski definition) is 1. The molecule has 0 saturated carbocycles. The Morgan fingerprint density at radius 3 is 2.59 bits per heavy atom. The third-order valence-electron chi connectivity index (χ3n) is 2.57. The monoisotopic (exact) mass is 243 g/mol. The van der Waals surface area contributed by atoms with Crippen LogP contribution < -0.4 is 5.73 Å². The highest BCUT2D eigenvalue weighted by molar-refractivity contribution is 7.98. The Hall–Kier alpha value is -1.74. The van der Waals surface area contributed by atoms with Crippen LogP contribution in [0.4, 0.5) is 0 Å². The lowest BCUT2D eigenvalue weighted by atomic mass is 10.0. The van der Waals surface area contributed by atoms with Crippen molar-refractivity contribution in [3.05, 3.63) is 54.1 Å². The number of rotatable bonds is 3. The first-order valence-electron chi connectivity index (χ1n) is 5.25. The molecule has 0 spiro atoms. The van der Waals surface area contributed by atoms with E-state index < -0.39 is 5.91 Å². The Morgan fingerprint density at radius 1 is 1.12 bits per heavy atom. The first-order valence-corrected chi connectivity index (χ1v) is 6.48. The molecule has 86 valence electrons. The molecule has 2 aromatic carbocycles. The van der Waals surface area contributed by atoms with Gasteiger partial charge in [-0.15, -0.1) is 11.8 Å².